The van der Waals surface area contributed by atoms with Gasteiger partial charge in [0, 0.05) is 18.3 Å². The van der Waals surface area contributed by atoms with Crippen LogP contribution in [0, 0.1) is 0 Å². The van der Waals surface area contributed by atoms with Crippen LogP contribution in [-0.4, -0.2) is 17.4 Å². The van der Waals surface area contributed by atoms with Crippen LogP contribution in [0.3, 0.4) is 0 Å². The van der Waals surface area contributed by atoms with E-state index in [1.165, 1.54) is 6.26 Å². The fraction of sp³-hybridized carbons (Fsp3) is 0.385. The highest BCUT2D eigenvalue weighted by Crippen LogP contribution is 2.17. The Kier molecular flexibility index (Phi) is 4.15. The smallest absolute Gasteiger partial charge is 0.286 e. The van der Waals surface area contributed by atoms with Gasteiger partial charge in [-0.15, -0.1) is 11.3 Å². The van der Waals surface area contributed by atoms with Crippen molar-refractivity contribution in [2.45, 2.75) is 26.2 Å². The molecule has 18 heavy (non-hydrogen) atoms. The van der Waals surface area contributed by atoms with Crippen LogP contribution in [0.4, 0.5) is 0 Å². The van der Waals surface area contributed by atoms with E-state index in [-0.39, 0.29) is 5.91 Å². The van der Waals surface area contributed by atoms with E-state index >= 15 is 0 Å². The first-order valence-corrected chi connectivity index (χ1v) is 6.81. The second-order valence-electron chi connectivity index (χ2n) is 4.30. The maximum Gasteiger partial charge on any atom is 0.286 e. The minimum absolute atomic E-state index is 0.180. The monoisotopic (exact) mass is 264 g/mol. The molecule has 96 valence electrons. The molecule has 2 heterocycles. The first-order valence-electron chi connectivity index (χ1n) is 5.93. The lowest BCUT2D eigenvalue weighted by Gasteiger charge is -2.01. The van der Waals surface area contributed by atoms with Crippen LogP contribution in [0.2, 0.25) is 0 Å². The summed E-state index contributed by atoms with van der Waals surface area (Å²) in [6.45, 7) is 4.82. The molecule has 1 N–H and O–H groups in total. The lowest BCUT2D eigenvalue weighted by Crippen LogP contribution is -2.25. The molecule has 0 spiro atoms. The average molecular weight is 264 g/mol. The number of nitrogens with one attached hydrogen (secondary N) is 1. The van der Waals surface area contributed by atoms with Crippen molar-refractivity contribution >= 4 is 17.2 Å². The Bertz CT molecular complexity index is 503. The Morgan fingerprint density at radius 3 is 3.00 bits per heavy atom. The molecular weight excluding hydrogens is 248 g/mol. The summed E-state index contributed by atoms with van der Waals surface area (Å²) in [5.41, 5.74) is 1.12. The van der Waals surface area contributed by atoms with Gasteiger partial charge >= 0.3 is 0 Å². The summed E-state index contributed by atoms with van der Waals surface area (Å²) >= 11 is 1.64. The molecule has 4 nitrogen and oxygen atoms in total. The molecule has 0 radical (unpaired) electrons. The number of thiazole rings is 1. The van der Waals surface area contributed by atoms with Gasteiger partial charge in [0.15, 0.2) is 5.76 Å². The third-order valence-corrected chi connectivity index (χ3v) is 3.46. The zero-order valence-corrected chi connectivity index (χ0v) is 11.3. The highest BCUT2D eigenvalue weighted by molar-refractivity contribution is 7.09. The molecule has 0 fully saturated rings. The van der Waals surface area contributed by atoms with Gasteiger partial charge in [-0.3, -0.25) is 4.79 Å². The van der Waals surface area contributed by atoms with Crippen molar-refractivity contribution in [3.05, 3.63) is 40.2 Å². The topological polar surface area (TPSA) is 55.1 Å². The summed E-state index contributed by atoms with van der Waals surface area (Å²) < 4.78 is 5.01. The van der Waals surface area contributed by atoms with Crippen LogP contribution < -0.4 is 5.32 Å². The van der Waals surface area contributed by atoms with Crippen LogP contribution in [0.1, 0.15) is 41.0 Å². The van der Waals surface area contributed by atoms with E-state index in [0.29, 0.717) is 18.2 Å². The van der Waals surface area contributed by atoms with Crippen molar-refractivity contribution in [1.82, 2.24) is 10.3 Å². The van der Waals surface area contributed by atoms with Crippen molar-refractivity contribution in [1.29, 1.82) is 0 Å². The summed E-state index contributed by atoms with van der Waals surface area (Å²) in [5, 5.41) is 5.94. The first kappa shape index (κ1) is 12.8. The van der Waals surface area contributed by atoms with Gasteiger partial charge in [-0.1, -0.05) is 13.8 Å². The minimum Gasteiger partial charge on any atom is -0.459 e. The lowest BCUT2D eigenvalue weighted by molar-refractivity contribution is 0.0926. The number of carbonyl (C=O) groups excluding carboxylic acids is 1. The maximum atomic E-state index is 11.6. The van der Waals surface area contributed by atoms with Gasteiger partial charge in [0.1, 0.15) is 0 Å². The van der Waals surface area contributed by atoms with Gasteiger partial charge in [0.2, 0.25) is 0 Å². The molecule has 0 aliphatic heterocycles. The lowest BCUT2D eigenvalue weighted by atomic mass is 10.2. The molecule has 2 aromatic rings. The number of furan rings is 1. The molecule has 0 atom stereocenters. The standard InChI is InChI=1S/C13H16N2O2S/c1-9(2)10-8-18-12(15-10)5-6-14-13(16)11-4-3-7-17-11/h3-4,7-9H,5-6H2,1-2H3,(H,14,16). The third-order valence-electron chi connectivity index (χ3n) is 2.53. The Labute approximate surface area is 110 Å². The van der Waals surface area contributed by atoms with Gasteiger partial charge < -0.3 is 9.73 Å². The van der Waals surface area contributed by atoms with Crippen molar-refractivity contribution in [2.75, 3.05) is 6.54 Å². The molecule has 5 heteroatoms. The summed E-state index contributed by atoms with van der Waals surface area (Å²) in [5.74, 6) is 0.616. The average Bonchev–Trinajstić information content (AvgIpc) is 3.00. The first-order chi connectivity index (χ1) is 8.66. The van der Waals surface area contributed by atoms with E-state index in [9.17, 15) is 4.79 Å². The van der Waals surface area contributed by atoms with Gasteiger partial charge in [0.25, 0.3) is 5.91 Å². The number of aromatic nitrogens is 1. The number of hydrogen-bond acceptors (Lipinski definition) is 4. The molecule has 0 aromatic carbocycles. The molecular formula is C13H16N2O2S. The fourth-order valence-corrected chi connectivity index (χ4v) is 2.44. The highest BCUT2D eigenvalue weighted by atomic mass is 32.1. The molecule has 0 aliphatic carbocycles. The maximum absolute atomic E-state index is 11.6. The molecule has 1 amide bonds. The van der Waals surface area contributed by atoms with Crippen LogP contribution >= 0.6 is 11.3 Å². The van der Waals surface area contributed by atoms with Crippen LogP contribution in [0.15, 0.2) is 28.2 Å². The van der Waals surface area contributed by atoms with Crippen LogP contribution in [0.25, 0.3) is 0 Å². The Balaban J connectivity index is 1.79. The second kappa shape index (κ2) is 5.82. The van der Waals surface area contributed by atoms with E-state index in [4.69, 9.17) is 4.42 Å². The van der Waals surface area contributed by atoms with E-state index in [0.717, 1.165) is 17.1 Å². The fourth-order valence-electron chi connectivity index (χ4n) is 1.48. The zero-order valence-electron chi connectivity index (χ0n) is 10.5. The second-order valence-corrected chi connectivity index (χ2v) is 5.25. The Morgan fingerprint density at radius 2 is 2.39 bits per heavy atom. The molecule has 0 saturated heterocycles. The van der Waals surface area contributed by atoms with E-state index < -0.39 is 0 Å². The highest BCUT2D eigenvalue weighted by Gasteiger charge is 2.09. The molecule has 0 aliphatic rings. The predicted octanol–water partition coefficient (Wildman–Crippen LogP) is 2.83. The number of rotatable bonds is 5. The number of hydrogen-bond donors (Lipinski definition) is 1. The van der Waals surface area contributed by atoms with Gasteiger partial charge in [-0.25, -0.2) is 4.98 Å². The minimum atomic E-state index is -0.180. The zero-order chi connectivity index (χ0) is 13.0. The Hall–Kier alpha value is -1.62. The summed E-state index contributed by atoms with van der Waals surface area (Å²) in [7, 11) is 0. The van der Waals surface area contributed by atoms with E-state index in [1.54, 1.807) is 23.5 Å². The summed E-state index contributed by atoms with van der Waals surface area (Å²) in [6, 6.07) is 3.35. The molecule has 0 saturated carbocycles. The molecule has 2 rings (SSSR count). The van der Waals surface area contributed by atoms with Crippen LogP contribution in [-0.2, 0) is 6.42 Å². The molecule has 0 bridgehead atoms. The predicted molar refractivity (Wildman–Crippen MR) is 70.9 cm³/mol. The largest absolute Gasteiger partial charge is 0.459 e. The summed E-state index contributed by atoms with van der Waals surface area (Å²) in [4.78, 5) is 16.1. The number of amides is 1. The normalized spacial score (nSPS) is 10.8. The van der Waals surface area contributed by atoms with Crippen molar-refractivity contribution < 1.29 is 9.21 Å². The van der Waals surface area contributed by atoms with Crippen molar-refractivity contribution in [3.63, 3.8) is 0 Å². The third kappa shape index (κ3) is 3.20. The summed E-state index contributed by atoms with van der Waals surface area (Å²) in [6.07, 6.45) is 2.24. The molecule has 0 unspecified atom stereocenters. The quantitative estimate of drug-likeness (QED) is 0.903. The number of carbonyl (C=O) groups is 1. The van der Waals surface area contributed by atoms with Crippen molar-refractivity contribution in [2.24, 2.45) is 0 Å². The van der Waals surface area contributed by atoms with Crippen LogP contribution in [0.5, 0.6) is 0 Å². The van der Waals surface area contributed by atoms with Crippen molar-refractivity contribution in [3.8, 4) is 0 Å². The number of nitrogens with zero attached hydrogens (tertiary/aromatic N) is 1. The van der Waals surface area contributed by atoms with E-state index in [1.807, 2.05) is 0 Å². The van der Waals surface area contributed by atoms with E-state index in [2.05, 4.69) is 29.5 Å². The van der Waals surface area contributed by atoms with Gasteiger partial charge in [-0.05, 0) is 18.1 Å². The SMILES string of the molecule is CC(C)c1csc(CCNC(=O)c2ccco2)n1. The van der Waals surface area contributed by atoms with Gasteiger partial charge in [-0.2, -0.15) is 0 Å². The van der Waals surface area contributed by atoms with Gasteiger partial charge in [0.05, 0.1) is 17.0 Å². The molecule has 2 aromatic heterocycles. The Morgan fingerprint density at radius 1 is 1.56 bits per heavy atom.